The van der Waals surface area contributed by atoms with Crippen LogP contribution in [0.4, 0.5) is 4.79 Å². The monoisotopic (exact) mass is 280 g/mol. The average Bonchev–Trinajstić information content (AvgIpc) is 2.45. The number of allylic oxidation sites excluding steroid dienone is 1. The van der Waals surface area contributed by atoms with Crippen LogP contribution in [0.15, 0.2) is 36.6 Å². The molecule has 0 spiro atoms. The normalized spacial score (nSPS) is 10.2. The molecule has 6 nitrogen and oxygen atoms in total. The number of carboxylic acids is 1. The number of aromatic carboxylic acids is 1. The van der Waals surface area contributed by atoms with Gasteiger partial charge in [0.1, 0.15) is 5.56 Å². The number of para-hydroxylation sites is 1. The highest BCUT2D eigenvalue weighted by atomic mass is 17.2. The Morgan fingerprint density at radius 2 is 2.05 bits per heavy atom. The molecule has 0 saturated heterocycles. The second-order valence-corrected chi connectivity index (χ2v) is 3.85. The van der Waals surface area contributed by atoms with Crippen molar-refractivity contribution in [3.05, 3.63) is 42.2 Å². The maximum absolute atomic E-state index is 11.2. The summed E-state index contributed by atoms with van der Waals surface area (Å²) >= 11 is 0. The van der Waals surface area contributed by atoms with E-state index < -0.39 is 12.1 Å². The molecule has 0 unspecified atom stereocenters. The van der Waals surface area contributed by atoms with Crippen molar-refractivity contribution in [3.63, 3.8) is 0 Å². The molecule has 0 bridgehead atoms. The van der Waals surface area contributed by atoms with Crippen LogP contribution >= 0.6 is 0 Å². The van der Waals surface area contributed by atoms with E-state index in [-0.39, 0.29) is 11.3 Å². The van der Waals surface area contributed by atoms with Crippen molar-refractivity contribution in [1.29, 1.82) is 0 Å². The van der Waals surface area contributed by atoms with Gasteiger partial charge < -0.3 is 9.84 Å². The Morgan fingerprint density at radius 1 is 1.30 bits per heavy atom. The number of unbranched alkanes of at least 4 members (excludes halogenated alkanes) is 2. The summed E-state index contributed by atoms with van der Waals surface area (Å²) < 4.78 is 4.60. The smallest absolute Gasteiger partial charge is 0.478 e. The number of benzene rings is 1. The summed E-state index contributed by atoms with van der Waals surface area (Å²) in [6.07, 6.45) is 4.67. The summed E-state index contributed by atoms with van der Waals surface area (Å²) in [4.78, 5) is 31.0. The molecule has 0 aromatic heterocycles. The van der Waals surface area contributed by atoms with Crippen molar-refractivity contribution >= 4 is 12.1 Å². The molecule has 108 valence electrons. The standard InChI is InChI=1S/C14H16O6/c1-2-3-4-7-10-18-14(17)20-19-12-9-6-5-8-11(12)13(15)16/h5-10H,2-4H2,1H3,(H,15,16)/b10-7+. The van der Waals surface area contributed by atoms with Gasteiger partial charge in [-0.2, -0.15) is 4.79 Å². The van der Waals surface area contributed by atoms with Crippen molar-refractivity contribution in [2.75, 3.05) is 0 Å². The molecule has 0 aliphatic rings. The van der Waals surface area contributed by atoms with Gasteiger partial charge in [0.2, 0.25) is 0 Å². The predicted octanol–water partition coefficient (Wildman–Crippen LogP) is 3.54. The minimum Gasteiger partial charge on any atom is -0.478 e. The fraction of sp³-hybridized carbons (Fsp3) is 0.286. The van der Waals surface area contributed by atoms with E-state index in [1.807, 2.05) is 0 Å². The molecule has 0 fully saturated rings. The van der Waals surface area contributed by atoms with E-state index in [2.05, 4.69) is 21.4 Å². The van der Waals surface area contributed by atoms with Crippen molar-refractivity contribution in [2.45, 2.75) is 26.2 Å². The summed E-state index contributed by atoms with van der Waals surface area (Å²) in [7, 11) is 0. The van der Waals surface area contributed by atoms with Gasteiger partial charge in [0.15, 0.2) is 5.75 Å². The second kappa shape index (κ2) is 8.58. The zero-order valence-electron chi connectivity index (χ0n) is 11.1. The SMILES string of the molecule is CCCC/C=C/OC(=O)OOc1ccccc1C(=O)O. The van der Waals surface area contributed by atoms with Gasteiger partial charge in [-0.05, 0) is 31.1 Å². The van der Waals surface area contributed by atoms with Gasteiger partial charge in [-0.15, -0.1) is 0 Å². The maximum Gasteiger partial charge on any atom is 0.554 e. The van der Waals surface area contributed by atoms with Crippen LogP contribution in [0.2, 0.25) is 0 Å². The summed E-state index contributed by atoms with van der Waals surface area (Å²) in [5, 5.41) is 8.89. The number of ether oxygens (including phenoxy) is 1. The van der Waals surface area contributed by atoms with Gasteiger partial charge in [0.25, 0.3) is 0 Å². The van der Waals surface area contributed by atoms with Gasteiger partial charge in [0, 0.05) is 0 Å². The van der Waals surface area contributed by atoms with E-state index in [4.69, 9.17) is 5.11 Å². The molecule has 1 aromatic rings. The molecule has 0 radical (unpaired) electrons. The quantitative estimate of drug-likeness (QED) is 0.270. The first-order valence-electron chi connectivity index (χ1n) is 6.17. The Balaban J connectivity index is 2.41. The largest absolute Gasteiger partial charge is 0.554 e. The third kappa shape index (κ3) is 5.43. The second-order valence-electron chi connectivity index (χ2n) is 3.85. The summed E-state index contributed by atoms with van der Waals surface area (Å²) in [6, 6.07) is 5.79. The molecule has 0 saturated carbocycles. The molecule has 0 heterocycles. The number of rotatable bonds is 7. The first kappa shape index (κ1) is 15.6. The number of hydrogen-bond donors (Lipinski definition) is 1. The topological polar surface area (TPSA) is 82.1 Å². The van der Waals surface area contributed by atoms with E-state index in [1.54, 1.807) is 12.1 Å². The summed E-state index contributed by atoms with van der Waals surface area (Å²) in [6.45, 7) is 2.05. The minimum atomic E-state index is -1.18. The van der Waals surface area contributed by atoms with Crippen molar-refractivity contribution in [1.82, 2.24) is 0 Å². The van der Waals surface area contributed by atoms with Gasteiger partial charge in [-0.3, -0.25) is 4.89 Å². The highest BCUT2D eigenvalue weighted by Gasteiger charge is 2.13. The van der Waals surface area contributed by atoms with E-state index in [0.717, 1.165) is 19.3 Å². The van der Waals surface area contributed by atoms with Crippen LogP contribution < -0.4 is 4.89 Å². The lowest BCUT2D eigenvalue weighted by atomic mass is 10.2. The van der Waals surface area contributed by atoms with Crippen LogP contribution in [0.1, 0.15) is 36.5 Å². The predicted molar refractivity (Wildman–Crippen MR) is 70.3 cm³/mol. The van der Waals surface area contributed by atoms with Gasteiger partial charge in [0.05, 0.1) is 6.26 Å². The Kier molecular flexibility index (Phi) is 6.67. The zero-order valence-corrected chi connectivity index (χ0v) is 11.1. The van der Waals surface area contributed by atoms with Crippen molar-refractivity contribution < 1.29 is 29.2 Å². The van der Waals surface area contributed by atoms with Crippen molar-refractivity contribution in [3.8, 4) is 5.75 Å². The maximum atomic E-state index is 11.2. The molecule has 1 N–H and O–H groups in total. The highest BCUT2D eigenvalue weighted by Crippen LogP contribution is 2.18. The number of carbonyl (C=O) groups is 2. The number of carboxylic acid groups (broad SMARTS) is 1. The van der Waals surface area contributed by atoms with Crippen LogP contribution in [0, 0.1) is 0 Å². The Morgan fingerprint density at radius 3 is 2.75 bits per heavy atom. The molecule has 0 atom stereocenters. The average molecular weight is 280 g/mol. The molecule has 0 aliphatic carbocycles. The van der Waals surface area contributed by atoms with E-state index in [1.165, 1.54) is 24.5 Å². The lowest BCUT2D eigenvalue weighted by Gasteiger charge is -2.05. The Labute approximate surface area is 116 Å². The highest BCUT2D eigenvalue weighted by molar-refractivity contribution is 5.90. The lowest BCUT2D eigenvalue weighted by molar-refractivity contribution is -0.162. The third-order valence-corrected chi connectivity index (χ3v) is 2.30. The minimum absolute atomic E-state index is 0.0769. The van der Waals surface area contributed by atoms with E-state index >= 15 is 0 Å². The van der Waals surface area contributed by atoms with Gasteiger partial charge >= 0.3 is 12.1 Å². The summed E-state index contributed by atoms with van der Waals surface area (Å²) in [5.74, 6) is -1.26. The third-order valence-electron chi connectivity index (χ3n) is 2.30. The first-order chi connectivity index (χ1) is 9.65. The molecule has 1 rings (SSSR count). The fourth-order valence-corrected chi connectivity index (χ4v) is 1.31. The Hall–Kier alpha value is -2.50. The number of carbonyl (C=O) groups excluding carboxylic acids is 1. The summed E-state index contributed by atoms with van der Waals surface area (Å²) in [5.41, 5.74) is -0.112. The first-order valence-corrected chi connectivity index (χ1v) is 6.17. The van der Waals surface area contributed by atoms with Crippen LogP contribution in [0.25, 0.3) is 0 Å². The van der Waals surface area contributed by atoms with E-state index in [9.17, 15) is 9.59 Å². The van der Waals surface area contributed by atoms with E-state index in [0.29, 0.717) is 0 Å². The van der Waals surface area contributed by atoms with Crippen LogP contribution in [0.3, 0.4) is 0 Å². The van der Waals surface area contributed by atoms with Gasteiger partial charge in [-0.25, -0.2) is 9.68 Å². The van der Waals surface area contributed by atoms with Crippen molar-refractivity contribution in [2.24, 2.45) is 0 Å². The van der Waals surface area contributed by atoms with Gasteiger partial charge in [-0.1, -0.05) is 25.5 Å². The molecular weight excluding hydrogens is 264 g/mol. The van der Waals surface area contributed by atoms with Crippen LogP contribution in [-0.2, 0) is 9.62 Å². The molecule has 0 aliphatic heterocycles. The zero-order chi connectivity index (χ0) is 14.8. The molecular formula is C14H16O6. The molecule has 1 aromatic carbocycles. The number of hydrogen-bond acceptors (Lipinski definition) is 5. The van der Waals surface area contributed by atoms with Crippen LogP contribution in [-0.4, -0.2) is 17.2 Å². The fourth-order valence-electron chi connectivity index (χ4n) is 1.31. The molecule has 6 heteroatoms. The molecule has 0 amide bonds. The molecule has 20 heavy (non-hydrogen) atoms. The lowest BCUT2D eigenvalue weighted by Crippen LogP contribution is -2.09. The Bertz CT molecular complexity index is 480. The van der Waals surface area contributed by atoms with Crippen LogP contribution in [0.5, 0.6) is 5.75 Å².